The van der Waals surface area contributed by atoms with E-state index in [0.29, 0.717) is 18.1 Å². The summed E-state index contributed by atoms with van der Waals surface area (Å²) in [6.45, 7) is 7.65. The molecule has 2 heterocycles. The zero-order valence-corrected chi connectivity index (χ0v) is 16.0. The molecule has 0 radical (unpaired) electrons. The number of rotatable bonds is 8. The van der Waals surface area contributed by atoms with Crippen molar-refractivity contribution in [1.29, 1.82) is 0 Å². The first kappa shape index (κ1) is 18.8. The van der Waals surface area contributed by atoms with E-state index >= 15 is 0 Å². The minimum Gasteiger partial charge on any atom is -0.485 e. The molecule has 0 spiro atoms. The molecule has 6 heteroatoms. The molecule has 142 valence electrons. The van der Waals surface area contributed by atoms with Gasteiger partial charge in [-0.3, -0.25) is 9.48 Å². The summed E-state index contributed by atoms with van der Waals surface area (Å²) in [5.74, 6) is 1.52. The predicted octanol–water partition coefficient (Wildman–Crippen LogP) is 3.80. The van der Waals surface area contributed by atoms with Crippen LogP contribution in [0, 0.1) is 20.8 Å². The summed E-state index contributed by atoms with van der Waals surface area (Å²) in [5.41, 5.74) is 3.32. The van der Waals surface area contributed by atoms with Crippen LogP contribution in [0.15, 0.2) is 47.0 Å². The summed E-state index contributed by atoms with van der Waals surface area (Å²) in [6, 6.07) is 11.5. The van der Waals surface area contributed by atoms with Crippen molar-refractivity contribution in [2.75, 3.05) is 6.54 Å². The van der Waals surface area contributed by atoms with Gasteiger partial charge in [0.15, 0.2) is 5.76 Å². The monoisotopic (exact) mass is 367 g/mol. The number of amides is 1. The summed E-state index contributed by atoms with van der Waals surface area (Å²) in [4.78, 5) is 12.2. The van der Waals surface area contributed by atoms with Crippen molar-refractivity contribution in [2.24, 2.45) is 0 Å². The summed E-state index contributed by atoms with van der Waals surface area (Å²) >= 11 is 0. The third kappa shape index (κ3) is 5.00. The van der Waals surface area contributed by atoms with Crippen LogP contribution >= 0.6 is 0 Å². The average molecular weight is 367 g/mol. The predicted molar refractivity (Wildman–Crippen MR) is 103 cm³/mol. The summed E-state index contributed by atoms with van der Waals surface area (Å²) < 4.78 is 13.3. The van der Waals surface area contributed by atoms with Gasteiger partial charge in [0.1, 0.15) is 18.1 Å². The largest absolute Gasteiger partial charge is 0.485 e. The van der Waals surface area contributed by atoms with Gasteiger partial charge in [0.2, 0.25) is 0 Å². The first-order valence-electron chi connectivity index (χ1n) is 9.08. The van der Waals surface area contributed by atoms with Crippen LogP contribution < -0.4 is 10.1 Å². The highest BCUT2D eigenvalue weighted by Gasteiger charge is 2.11. The molecule has 0 saturated heterocycles. The minimum absolute atomic E-state index is 0.217. The van der Waals surface area contributed by atoms with Crippen molar-refractivity contribution in [3.63, 3.8) is 0 Å². The maximum Gasteiger partial charge on any atom is 0.286 e. The third-order valence-electron chi connectivity index (χ3n) is 4.36. The lowest BCUT2D eigenvalue weighted by Crippen LogP contribution is -2.25. The fourth-order valence-electron chi connectivity index (χ4n) is 2.74. The molecule has 27 heavy (non-hydrogen) atoms. The van der Waals surface area contributed by atoms with Crippen LogP contribution in [-0.4, -0.2) is 22.2 Å². The molecule has 1 N–H and O–H groups in total. The van der Waals surface area contributed by atoms with Crippen LogP contribution in [0.3, 0.4) is 0 Å². The van der Waals surface area contributed by atoms with E-state index in [-0.39, 0.29) is 12.5 Å². The quantitative estimate of drug-likeness (QED) is 0.615. The molecule has 0 atom stereocenters. The average Bonchev–Trinajstić information content (AvgIpc) is 3.28. The smallest absolute Gasteiger partial charge is 0.286 e. The third-order valence-corrected chi connectivity index (χ3v) is 4.36. The number of benzene rings is 1. The molecule has 1 aromatic carbocycles. The van der Waals surface area contributed by atoms with Gasteiger partial charge in [-0.15, -0.1) is 0 Å². The molecule has 0 aliphatic heterocycles. The number of ether oxygens (including phenoxy) is 1. The Labute approximate surface area is 159 Å². The zero-order valence-electron chi connectivity index (χ0n) is 16.0. The van der Waals surface area contributed by atoms with Crippen LogP contribution in [0.25, 0.3) is 0 Å². The number of aryl methyl sites for hydroxylation is 4. The Morgan fingerprint density at radius 2 is 2.04 bits per heavy atom. The molecule has 1 amide bonds. The van der Waals surface area contributed by atoms with Gasteiger partial charge in [-0.2, -0.15) is 5.10 Å². The second-order valence-corrected chi connectivity index (χ2v) is 6.63. The fraction of sp³-hybridized carbons (Fsp3) is 0.333. The van der Waals surface area contributed by atoms with Gasteiger partial charge in [-0.25, -0.2) is 0 Å². The Hall–Kier alpha value is -3.02. The van der Waals surface area contributed by atoms with E-state index in [0.717, 1.165) is 35.5 Å². The number of carbonyl (C=O) groups excluding carboxylic acids is 1. The number of furan rings is 1. The molecular weight excluding hydrogens is 342 g/mol. The van der Waals surface area contributed by atoms with Crippen LogP contribution in [0.5, 0.6) is 5.75 Å². The lowest BCUT2D eigenvalue weighted by molar-refractivity contribution is 0.0920. The second kappa shape index (κ2) is 8.58. The van der Waals surface area contributed by atoms with E-state index < -0.39 is 0 Å². The topological polar surface area (TPSA) is 69.3 Å². The fourth-order valence-corrected chi connectivity index (χ4v) is 2.74. The van der Waals surface area contributed by atoms with Crippen LogP contribution in [0.4, 0.5) is 0 Å². The minimum atomic E-state index is -0.217. The van der Waals surface area contributed by atoms with E-state index in [1.807, 2.05) is 49.7 Å². The molecule has 0 saturated carbocycles. The van der Waals surface area contributed by atoms with Crippen molar-refractivity contribution in [3.8, 4) is 5.75 Å². The van der Waals surface area contributed by atoms with Gasteiger partial charge in [0.25, 0.3) is 5.91 Å². The van der Waals surface area contributed by atoms with Crippen LogP contribution in [-0.2, 0) is 13.2 Å². The number of nitrogens with zero attached hydrogens (tertiary/aromatic N) is 2. The number of nitrogens with one attached hydrogen (secondary N) is 1. The van der Waals surface area contributed by atoms with Gasteiger partial charge in [-0.1, -0.05) is 12.1 Å². The number of hydrogen-bond donors (Lipinski definition) is 1. The molecule has 3 aromatic rings. The maximum atomic E-state index is 12.2. The highest BCUT2D eigenvalue weighted by atomic mass is 16.5. The Bertz CT molecular complexity index is 911. The van der Waals surface area contributed by atoms with E-state index in [4.69, 9.17) is 9.15 Å². The van der Waals surface area contributed by atoms with Gasteiger partial charge < -0.3 is 14.5 Å². The Morgan fingerprint density at radius 1 is 1.19 bits per heavy atom. The van der Waals surface area contributed by atoms with E-state index in [9.17, 15) is 4.79 Å². The molecular formula is C21H25N3O3. The number of carbonyl (C=O) groups is 1. The standard InChI is InChI=1S/C21H25N3O3/c1-15-5-6-16(2)20(13-15)26-14-18-7-8-19(27-18)21(25)22-10-4-12-24-17(3)9-11-23-24/h5-9,11,13H,4,10,12,14H2,1-3H3,(H,22,25). The van der Waals surface area contributed by atoms with Crippen molar-refractivity contribution >= 4 is 5.91 Å². The first-order chi connectivity index (χ1) is 13.0. The highest BCUT2D eigenvalue weighted by Crippen LogP contribution is 2.21. The van der Waals surface area contributed by atoms with Gasteiger partial charge in [0.05, 0.1) is 0 Å². The number of hydrogen-bond acceptors (Lipinski definition) is 4. The molecule has 0 aliphatic carbocycles. The lowest BCUT2D eigenvalue weighted by atomic mass is 10.1. The molecule has 0 unspecified atom stereocenters. The van der Waals surface area contributed by atoms with Crippen molar-refractivity contribution in [2.45, 2.75) is 40.3 Å². The van der Waals surface area contributed by atoms with Gasteiger partial charge >= 0.3 is 0 Å². The summed E-state index contributed by atoms with van der Waals surface area (Å²) in [5, 5.41) is 7.09. The van der Waals surface area contributed by atoms with Crippen LogP contribution in [0.1, 0.15) is 39.6 Å². The second-order valence-electron chi connectivity index (χ2n) is 6.63. The summed E-state index contributed by atoms with van der Waals surface area (Å²) in [7, 11) is 0. The maximum absolute atomic E-state index is 12.2. The normalized spacial score (nSPS) is 10.8. The zero-order chi connectivity index (χ0) is 19.2. The van der Waals surface area contributed by atoms with Gasteiger partial charge in [-0.05, 0) is 62.6 Å². The van der Waals surface area contributed by atoms with Crippen LogP contribution in [0.2, 0.25) is 0 Å². The molecule has 0 fully saturated rings. The molecule has 0 bridgehead atoms. The Kier molecular flexibility index (Phi) is 5.96. The van der Waals surface area contributed by atoms with Gasteiger partial charge in [0, 0.05) is 25.0 Å². The number of aromatic nitrogens is 2. The first-order valence-corrected chi connectivity index (χ1v) is 9.08. The molecule has 2 aromatic heterocycles. The molecule has 6 nitrogen and oxygen atoms in total. The van der Waals surface area contributed by atoms with E-state index in [2.05, 4.69) is 10.4 Å². The molecule has 0 aliphatic rings. The Balaban J connectivity index is 1.46. The molecule has 3 rings (SSSR count). The van der Waals surface area contributed by atoms with E-state index in [1.165, 1.54) is 0 Å². The van der Waals surface area contributed by atoms with Crippen molar-refractivity contribution in [1.82, 2.24) is 15.1 Å². The SMILES string of the molecule is Cc1ccc(C)c(OCc2ccc(C(=O)NCCCn3nccc3C)o2)c1. The lowest BCUT2D eigenvalue weighted by Gasteiger charge is -2.08. The summed E-state index contributed by atoms with van der Waals surface area (Å²) in [6.07, 6.45) is 2.58. The van der Waals surface area contributed by atoms with Crippen molar-refractivity contribution in [3.05, 3.63) is 70.9 Å². The Morgan fingerprint density at radius 3 is 2.81 bits per heavy atom. The van der Waals surface area contributed by atoms with E-state index in [1.54, 1.807) is 18.3 Å². The van der Waals surface area contributed by atoms with Crippen molar-refractivity contribution < 1.29 is 13.9 Å². The highest BCUT2D eigenvalue weighted by molar-refractivity contribution is 5.91.